The molecule has 0 amide bonds. The number of halogens is 1. The molecule has 0 aliphatic carbocycles. The third kappa shape index (κ3) is 3.04. The van der Waals surface area contributed by atoms with Crippen LogP contribution in [0.5, 0.6) is 0 Å². The maximum atomic E-state index is 6.13. The van der Waals surface area contributed by atoms with Crippen LogP contribution in [-0.2, 0) is 13.6 Å². The predicted molar refractivity (Wildman–Crippen MR) is 91.0 cm³/mol. The summed E-state index contributed by atoms with van der Waals surface area (Å²) in [7, 11) is 1.99. The van der Waals surface area contributed by atoms with Gasteiger partial charge in [-0.3, -0.25) is 0 Å². The Balaban J connectivity index is 1.75. The molecule has 1 aliphatic rings. The van der Waals surface area contributed by atoms with Crippen molar-refractivity contribution in [1.82, 2.24) is 14.5 Å². The second kappa shape index (κ2) is 6.16. The molecule has 22 heavy (non-hydrogen) atoms. The van der Waals surface area contributed by atoms with Gasteiger partial charge >= 0.3 is 0 Å². The van der Waals surface area contributed by atoms with Crippen LogP contribution in [0.15, 0.2) is 23.2 Å². The van der Waals surface area contributed by atoms with E-state index in [1.165, 1.54) is 12.8 Å². The van der Waals surface area contributed by atoms with E-state index in [0.717, 1.165) is 35.9 Å². The average Bonchev–Trinajstić information content (AvgIpc) is 2.81. The summed E-state index contributed by atoms with van der Waals surface area (Å²) in [5, 5.41) is 0.697. The highest BCUT2D eigenvalue weighted by Gasteiger charge is 2.17. The van der Waals surface area contributed by atoms with Crippen molar-refractivity contribution in [1.29, 1.82) is 0 Å². The maximum Gasteiger partial charge on any atom is 0.191 e. The molecular formula is C16H22ClN5. The van der Waals surface area contributed by atoms with Crippen molar-refractivity contribution in [3.05, 3.63) is 29.0 Å². The highest BCUT2D eigenvalue weighted by atomic mass is 35.5. The van der Waals surface area contributed by atoms with Gasteiger partial charge < -0.3 is 15.2 Å². The summed E-state index contributed by atoms with van der Waals surface area (Å²) in [6, 6.07) is 5.73. The molecule has 1 saturated heterocycles. The van der Waals surface area contributed by atoms with Gasteiger partial charge in [-0.25, -0.2) is 9.98 Å². The Morgan fingerprint density at radius 2 is 2.14 bits per heavy atom. The Morgan fingerprint density at radius 3 is 2.86 bits per heavy atom. The minimum absolute atomic E-state index is 0.487. The summed E-state index contributed by atoms with van der Waals surface area (Å²) in [6.45, 7) is 4.76. The molecule has 2 aromatic rings. The van der Waals surface area contributed by atoms with Crippen molar-refractivity contribution >= 4 is 28.6 Å². The summed E-state index contributed by atoms with van der Waals surface area (Å²) >= 11 is 6.02. The van der Waals surface area contributed by atoms with Crippen LogP contribution in [0.2, 0.25) is 5.02 Å². The molecule has 1 fully saturated rings. The predicted octanol–water partition coefficient (Wildman–Crippen LogP) is 2.77. The van der Waals surface area contributed by atoms with E-state index < -0.39 is 0 Å². The smallest absolute Gasteiger partial charge is 0.191 e. The number of benzene rings is 1. The molecule has 118 valence electrons. The number of hydrogen-bond donors (Lipinski definition) is 1. The summed E-state index contributed by atoms with van der Waals surface area (Å²) in [5.74, 6) is 2.30. The van der Waals surface area contributed by atoms with Crippen molar-refractivity contribution in [2.75, 3.05) is 13.1 Å². The van der Waals surface area contributed by atoms with Crippen LogP contribution in [0.1, 0.15) is 25.6 Å². The first kappa shape index (κ1) is 15.2. The average molecular weight is 320 g/mol. The number of guanidine groups is 1. The van der Waals surface area contributed by atoms with Gasteiger partial charge in [-0.2, -0.15) is 0 Å². The lowest BCUT2D eigenvalue weighted by Gasteiger charge is -2.30. The van der Waals surface area contributed by atoms with Gasteiger partial charge in [-0.1, -0.05) is 18.5 Å². The van der Waals surface area contributed by atoms with Crippen LogP contribution in [-0.4, -0.2) is 33.5 Å². The first-order valence-electron chi connectivity index (χ1n) is 7.70. The van der Waals surface area contributed by atoms with E-state index >= 15 is 0 Å². The van der Waals surface area contributed by atoms with Gasteiger partial charge in [0.1, 0.15) is 12.4 Å². The number of likely N-dealkylation sites (tertiary alicyclic amines) is 1. The number of imidazole rings is 1. The summed E-state index contributed by atoms with van der Waals surface area (Å²) in [4.78, 5) is 11.3. The SMILES string of the molecule is CC1CCN(C(N)=NCc2nc3cc(Cl)ccc3n2C)CC1. The Kier molecular flexibility index (Phi) is 4.25. The highest BCUT2D eigenvalue weighted by molar-refractivity contribution is 6.31. The summed E-state index contributed by atoms with van der Waals surface area (Å²) in [6.07, 6.45) is 2.36. The van der Waals surface area contributed by atoms with Crippen molar-refractivity contribution in [2.24, 2.45) is 23.7 Å². The lowest BCUT2D eigenvalue weighted by molar-refractivity contribution is 0.277. The molecule has 6 heteroatoms. The second-order valence-corrected chi connectivity index (χ2v) is 6.50. The van der Waals surface area contributed by atoms with E-state index in [0.29, 0.717) is 17.5 Å². The molecule has 3 rings (SSSR count). The van der Waals surface area contributed by atoms with Gasteiger partial charge in [-0.05, 0) is 37.0 Å². The minimum Gasteiger partial charge on any atom is -0.370 e. The van der Waals surface area contributed by atoms with E-state index in [1.54, 1.807) is 0 Å². The quantitative estimate of drug-likeness (QED) is 0.684. The van der Waals surface area contributed by atoms with Crippen molar-refractivity contribution in [3.8, 4) is 0 Å². The molecule has 2 heterocycles. The lowest BCUT2D eigenvalue weighted by atomic mass is 10.00. The molecule has 1 aromatic carbocycles. The number of nitrogens with two attached hydrogens (primary N) is 1. The van der Waals surface area contributed by atoms with Gasteiger partial charge in [0.05, 0.1) is 11.0 Å². The molecule has 1 aliphatic heterocycles. The van der Waals surface area contributed by atoms with Gasteiger partial charge in [-0.15, -0.1) is 0 Å². The number of hydrogen-bond acceptors (Lipinski definition) is 2. The van der Waals surface area contributed by atoms with E-state index in [1.807, 2.05) is 29.8 Å². The van der Waals surface area contributed by atoms with Crippen LogP contribution >= 0.6 is 11.6 Å². The van der Waals surface area contributed by atoms with Crippen LogP contribution in [0.3, 0.4) is 0 Å². The largest absolute Gasteiger partial charge is 0.370 e. The fourth-order valence-corrected chi connectivity index (χ4v) is 3.02. The Labute approximate surface area is 135 Å². The molecule has 0 atom stereocenters. The first-order valence-corrected chi connectivity index (χ1v) is 8.08. The van der Waals surface area contributed by atoms with Crippen LogP contribution in [0.4, 0.5) is 0 Å². The van der Waals surface area contributed by atoms with E-state index in [4.69, 9.17) is 17.3 Å². The Hall–Kier alpha value is -1.75. The normalized spacial score (nSPS) is 17.4. The number of aliphatic imine (C=N–C) groups is 1. The number of nitrogens with zero attached hydrogens (tertiary/aromatic N) is 4. The zero-order valence-corrected chi connectivity index (χ0v) is 13.8. The van der Waals surface area contributed by atoms with E-state index in [-0.39, 0.29) is 0 Å². The third-order valence-corrected chi connectivity index (χ3v) is 4.66. The fourth-order valence-electron chi connectivity index (χ4n) is 2.85. The molecular weight excluding hydrogens is 298 g/mol. The number of aromatic nitrogens is 2. The van der Waals surface area contributed by atoms with E-state index in [9.17, 15) is 0 Å². The number of aryl methyl sites for hydroxylation is 1. The highest BCUT2D eigenvalue weighted by Crippen LogP contribution is 2.20. The number of rotatable bonds is 2. The molecule has 5 nitrogen and oxygen atoms in total. The minimum atomic E-state index is 0.487. The van der Waals surface area contributed by atoms with Crippen molar-refractivity contribution in [3.63, 3.8) is 0 Å². The maximum absolute atomic E-state index is 6.13. The molecule has 0 radical (unpaired) electrons. The third-order valence-electron chi connectivity index (χ3n) is 4.43. The zero-order chi connectivity index (χ0) is 15.7. The second-order valence-electron chi connectivity index (χ2n) is 6.06. The van der Waals surface area contributed by atoms with Gasteiger partial charge in [0.25, 0.3) is 0 Å². The topological polar surface area (TPSA) is 59.4 Å². The fraction of sp³-hybridized carbons (Fsp3) is 0.500. The Morgan fingerprint density at radius 1 is 1.41 bits per heavy atom. The van der Waals surface area contributed by atoms with E-state index in [2.05, 4.69) is 21.8 Å². The van der Waals surface area contributed by atoms with Crippen molar-refractivity contribution < 1.29 is 0 Å². The number of fused-ring (bicyclic) bond motifs is 1. The van der Waals surface area contributed by atoms with Crippen LogP contribution in [0.25, 0.3) is 11.0 Å². The molecule has 0 unspecified atom stereocenters. The van der Waals surface area contributed by atoms with Gasteiger partial charge in [0.2, 0.25) is 0 Å². The molecule has 0 bridgehead atoms. The summed E-state index contributed by atoms with van der Waals surface area (Å²) in [5.41, 5.74) is 8.08. The number of piperidine rings is 1. The molecule has 2 N–H and O–H groups in total. The molecule has 0 saturated carbocycles. The lowest BCUT2D eigenvalue weighted by Crippen LogP contribution is -2.42. The monoisotopic (exact) mass is 319 g/mol. The van der Waals surface area contributed by atoms with Crippen LogP contribution in [0, 0.1) is 5.92 Å². The zero-order valence-electron chi connectivity index (χ0n) is 13.1. The molecule has 0 spiro atoms. The first-order chi connectivity index (χ1) is 10.5. The van der Waals surface area contributed by atoms with Crippen molar-refractivity contribution in [2.45, 2.75) is 26.3 Å². The van der Waals surface area contributed by atoms with Gasteiger partial charge in [0.15, 0.2) is 5.96 Å². The standard InChI is InChI=1S/C16H22ClN5/c1-11-5-7-22(8-6-11)16(18)19-10-15-20-13-9-12(17)3-4-14(13)21(15)2/h3-4,9,11H,5-8,10H2,1-2H3,(H2,18,19). The van der Waals surface area contributed by atoms with Gasteiger partial charge in [0, 0.05) is 25.2 Å². The Bertz CT molecular complexity index is 698. The summed E-state index contributed by atoms with van der Waals surface area (Å²) < 4.78 is 2.04. The molecule has 1 aromatic heterocycles. The van der Waals surface area contributed by atoms with Crippen LogP contribution < -0.4 is 5.73 Å².